The molecule has 3 N–H and O–H groups in total. The first kappa shape index (κ1) is 14.0. The summed E-state index contributed by atoms with van der Waals surface area (Å²) in [7, 11) is 0. The summed E-state index contributed by atoms with van der Waals surface area (Å²) in [5.41, 5.74) is 5.77. The standard InChI is InChI=1S/C12H16N4OS2/c1-7(2)3-10-15-16-12(19-10)14-5-9-4-8(6-18-9)11(13)17/h4,6-7H,3,5H2,1-2H3,(H2,13,17)(H,14,16). The lowest BCUT2D eigenvalue weighted by molar-refractivity contribution is 0.100. The van der Waals surface area contributed by atoms with Crippen molar-refractivity contribution in [1.82, 2.24) is 10.2 Å². The van der Waals surface area contributed by atoms with Crippen molar-refractivity contribution in [3.8, 4) is 0 Å². The molecular formula is C12H16N4OS2. The Balaban J connectivity index is 1.90. The largest absolute Gasteiger partial charge is 0.366 e. The Morgan fingerprint density at radius 1 is 1.47 bits per heavy atom. The van der Waals surface area contributed by atoms with Crippen LogP contribution in [-0.4, -0.2) is 16.1 Å². The summed E-state index contributed by atoms with van der Waals surface area (Å²) in [6.45, 7) is 4.95. The van der Waals surface area contributed by atoms with E-state index in [1.165, 1.54) is 11.3 Å². The number of hydrogen-bond acceptors (Lipinski definition) is 6. The third-order valence-corrected chi connectivity index (χ3v) is 4.24. The molecule has 19 heavy (non-hydrogen) atoms. The molecule has 0 atom stereocenters. The zero-order chi connectivity index (χ0) is 13.8. The van der Waals surface area contributed by atoms with Crippen LogP contribution >= 0.6 is 22.7 Å². The van der Waals surface area contributed by atoms with E-state index < -0.39 is 5.91 Å². The summed E-state index contributed by atoms with van der Waals surface area (Å²) >= 11 is 3.08. The van der Waals surface area contributed by atoms with Gasteiger partial charge in [0, 0.05) is 16.7 Å². The maximum atomic E-state index is 11.0. The smallest absolute Gasteiger partial charge is 0.249 e. The number of nitrogens with zero attached hydrogens (tertiary/aromatic N) is 2. The number of amides is 1. The topological polar surface area (TPSA) is 80.9 Å². The van der Waals surface area contributed by atoms with E-state index in [1.807, 2.05) is 0 Å². The lowest BCUT2D eigenvalue weighted by Crippen LogP contribution is -2.09. The van der Waals surface area contributed by atoms with E-state index in [-0.39, 0.29) is 0 Å². The van der Waals surface area contributed by atoms with Crippen molar-refractivity contribution >= 4 is 33.7 Å². The first-order chi connectivity index (χ1) is 9.04. The minimum atomic E-state index is -0.391. The van der Waals surface area contributed by atoms with Crippen LogP contribution in [0.25, 0.3) is 0 Å². The van der Waals surface area contributed by atoms with E-state index in [2.05, 4.69) is 29.4 Å². The molecule has 2 aromatic rings. The minimum Gasteiger partial charge on any atom is -0.366 e. The fraction of sp³-hybridized carbons (Fsp3) is 0.417. The third-order valence-electron chi connectivity index (χ3n) is 2.40. The Kier molecular flexibility index (Phi) is 4.49. The molecule has 2 rings (SSSR count). The highest BCUT2D eigenvalue weighted by atomic mass is 32.1. The monoisotopic (exact) mass is 296 g/mol. The number of hydrogen-bond donors (Lipinski definition) is 2. The fourth-order valence-electron chi connectivity index (χ4n) is 1.52. The lowest BCUT2D eigenvalue weighted by Gasteiger charge is -1.98. The molecule has 7 heteroatoms. The lowest BCUT2D eigenvalue weighted by atomic mass is 10.1. The summed E-state index contributed by atoms with van der Waals surface area (Å²) in [5.74, 6) is 0.189. The second-order valence-electron chi connectivity index (χ2n) is 4.62. The van der Waals surface area contributed by atoms with Gasteiger partial charge in [-0.05, 0) is 12.0 Å². The average molecular weight is 296 g/mol. The van der Waals surface area contributed by atoms with E-state index in [4.69, 9.17) is 5.73 Å². The van der Waals surface area contributed by atoms with Crippen LogP contribution in [0.15, 0.2) is 11.4 Å². The molecule has 1 amide bonds. The van der Waals surface area contributed by atoms with Crippen LogP contribution in [0.5, 0.6) is 0 Å². The molecule has 0 unspecified atom stereocenters. The van der Waals surface area contributed by atoms with Gasteiger partial charge in [-0.2, -0.15) is 0 Å². The number of aromatic nitrogens is 2. The number of anilines is 1. The summed E-state index contributed by atoms with van der Waals surface area (Å²) < 4.78 is 0. The molecular weight excluding hydrogens is 280 g/mol. The summed E-state index contributed by atoms with van der Waals surface area (Å²) in [4.78, 5) is 12.0. The van der Waals surface area contributed by atoms with E-state index in [9.17, 15) is 4.79 Å². The second-order valence-corrected chi connectivity index (χ2v) is 6.68. The molecule has 0 aromatic carbocycles. The molecule has 0 aliphatic rings. The molecule has 2 aromatic heterocycles. The van der Waals surface area contributed by atoms with Crippen molar-refractivity contribution in [3.63, 3.8) is 0 Å². The molecule has 0 saturated carbocycles. The summed E-state index contributed by atoms with van der Waals surface area (Å²) in [6, 6.07) is 1.80. The number of carbonyl (C=O) groups excluding carboxylic acids is 1. The van der Waals surface area contributed by atoms with E-state index >= 15 is 0 Å². The third kappa shape index (κ3) is 4.00. The molecule has 0 aliphatic carbocycles. The molecule has 0 saturated heterocycles. The van der Waals surface area contributed by atoms with Gasteiger partial charge in [0.1, 0.15) is 5.01 Å². The highest BCUT2D eigenvalue weighted by molar-refractivity contribution is 7.15. The van der Waals surface area contributed by atoms with Gasteiger partial charge >= 0.3 is 0 Å². The van der Waals surface area contributed by atoms with Crippen molar-refractivity contribution in [2.45, 2.75) is 26.8 Å². The zero-order valence-electron chi connectivity index (χ0n) is 10.8. The molecule has 0 spiro atoms. The predicted molar refractivity (Wildman–Crippen MR) is 78.6 cm³/mol. The zero-order valence-corrected chi connectivity index (χ0v) is 12.5. The van der Waals surface area contributed by atoms with Crippen molar-refractivity contribution in [2.24, 2.45) is 11.7 Å². The van der Waals surface area contributed by atoms with Crippen LogP contribution in [0.1, 0.15) is 34.1 Å². The normalized spacial score (nSPS) is 10.9. The van der Waals surface area contributed by atoms with Crippen LogP contribution < -0.4 is 11.1 Å². The highest BCUT2D eigenvalue weighted by Gasteiger charge is 2.08. The Labute approximate surface area is 119 Å². The van der Waals surface area contributed by atoms with Crippen LogP contribution in [0.3, 0.4) is 0 Å². The number of thiophene rings is 1. The number of rotatable bonds is 6. The quantitative estimate of drug-likeness (QED) is 0.858. The van der Waals surface area contributed by atoms with Gasteiger partial charge in [0.25, 0.3) is 0 Å². The van der Waals surface area contributed by atoms with Gasteiger partial charge in [0.15, 0.2) is 0 Å². The van der Waals surface area contributed by atoms with E-state index in [0.717, 1.165) is 21.4 Å². The van der Waals surface area contributed by atoms with Gasteiger partial charge in [0.05, 0.1) is 12.1 Å². The minimum absolute atomic E-state index is 0.391. The van der Waals surface area contributed by atoms with Crippen LogP contribution in [0.4, 0.5) is 5.13 Å². The summed E-state index contributed by atoms with van der Waals surface area (Å²) in [5, 5.41) is 15.1. The first-order valence-corrected chi connectivity index (χ1v) is 7.67. The van der Waals surface area contributed by atoms with Crippen molar-refractivity contribution in [1.29, 1.82) is 0 Å². The fourth-order valence-corrected chi connectivity index (χ4v) is 3.28. The molecule has 0 radical (unpaired) electrons. The molecule has 0 bridgehead atoms. The molecule has 2 heterocycles. The van der Waals surface area contributed by atoms with Crippen LogP contribution in [0, 0.1) is 5.92 Å². The first-order valence-electron chi connectivity index (χ1n) is 5.98. The van der Waals surface area contributed by atoms with Crippen LogP contribution in [0.2, 0.25) is 0 Å². The van der Waals surface area contributed by atoms with Crippen molar-refractivity contribution in [3.05, 3.63) is 26.9 Å². The van der Waals surface area contributed by atoms with Gasteiger partial charge in [-0.3, -0.25) is 4.79 Å². The SMILES string of the molecule is CC(C)Cc1nnc(NCc2cc(C(N)=O)cs2)s1. The number of nitrogens with two attached hydrogens (primary N) is 1. The predicted octanol–water partition coefficient (Wildman–Crippen LogP) is 2.51. The second kappa shape index (κ2) is 6.12. The highest BCUT2D eigenvalue weighted by Crippen LogP contribution is 2.20. The van der Waals surface area contributed by atoms with Gasteiger partial charge < -0.3 is 11.1 Å². The maximum absolute atomic E-state index is 11.0. The van der Waals surface area contributed by atoms with Gasteiger partial charge in [-0.1, -0.05) is 25.2 Å². The van der Waals surface area contributed by atoms with Crippen LogP contribution in [-0.2, 0) is 13.0 Å². The molecule has 5 nitrogen and oxygen atoms in total. The number of carbonyl (C=O) groups is 1. The van der Waals surface area contributed by atoms with E-state index in [1.54, 1.807) is 22.8 Å². The number of primary amides is 1. The molecule has 0 aliphatic heterocycles. The van der Waals surface area contributed by atoms with Gasteiger partial charge in [0.2, 0.25) is 11.0 Å². The van der Waals surface area contributed by atoms with Crippen molar-refractivity contribution < 1.29 is 4.79 Å². The number of nitrogens with one attached hydrogen (secondary N) is 1. The Morgan fingerprint density at radius 2 is 2.26 bits per heavy atom. The molecule has 0 fully saturated rings. The van der Waals surface area contributed by atoms with Gasteiger partial charge in [-0.25, -0.2) is 0 Å². The Hall–Kier alpha value is -1.47. The Bertz CT molecular complexity index is 562. The van der Waals surface area contributed by atoms with Gasteiger partial charge in [-0.15, -0.1) is 21.5 Å². The maximum Gasteiger partial charge on any atom is 0.249 e. The van der Waals surface area contributed by atoms with E-state index in [0.29, 0.717) is 18.0 Å². The summed E-state index contributed by atoms with van der Waals surface area (Å²) in [6.07, 6.45) is 0.949. The Morgan fingerprint density at radius 3 is 2.89 bits per heavy atom. The van der Waals surface area contributed by atoms with Crippen molar-refractivity contribution in [2.75, 3.05) is 5.32 Å². The molecule has 102 valence electrons. The average Bonchev–Trinajstić information content (AvgIpc) is 2.94.